The van der Waals surface area contributed by atoms with Crippen LogP contribution in [0.4, 0.5) is 10.1 Å². The Morgan fingerprint density at radius 1 is 1.41 bits per heavy atom. The third kappa shape index (κ3) is 1.82. The van der Waals surface area contributed by atoms with Gasteiger partial charge in [-0.2, -0.15) is 0 Å². The van der Waals surface area contributed by atoms with Crippen LogP contribution in [-0.4, -0.2) is 17.7 Å². The number of aliphatic hydroxyl groups excluding tert-OH is 1. The first-order valence-electron chi connectivity index (χ1n) is 6.39. The molecule has 0 aromatic heterocycles. The summed E-state index contributed by atoms with van der Waals surface area (Å²) in [6, 6.07) is 5.64. The average Bonchev–Trinajstić information content (AvgIpc) is 2.90. The normalized spacial score (nSPS) is 28.8. The Kier molecular flexibility index (Phi) is 2.58. The standard InChI is InChI=1S/C14H18FNO/c1-9(17)11-3-5-14(13(15)7-11)16-8-10-2-4-12(16)6-10/h3,5,7,9-10,12,17H,2,4,6,8H2,1H3. The predicted octanol–water partition coefficient (Wildman–Crippen LogP) is 2.87. The summed E-state index contributed by atoms with van der Waals surface area (Å²) in [5.74, 6) is 0.562. The van der Waals surface area contributed by atoms with Crippen molar-refractivity contribution < 1.29 is 9.50 Å². The molecule has 2 bridgehead atoms. The van der Waals surface area contributed by atoms with E-state index in [1.807, 2.05) is 12.1 Å². The second-order valence-electron chi connectivity index (χ2n) is 5.37. The highest BCUT2D eigenvalue weighted by Crippen LogP contribution is 2.41. The summed E-state index contributed by atoms with van der Waals surface area (Å²) in [7, 11) is 0. The molecule has 92 valence electrons. The minimum absolute atomic E-state index is 0.198. The van der Waals surface area contributed by atoms with Gasteiger partial charge in [-0.1, -0.05) is 6.07 Å². The number of nitrogens with zero attached hydrogens (tertiary/aromatic N) is 1. The number of fused-ring (bicyclic) bond motifs is 2. The van der Waals surface area contributed by atoms with Gasteiger partial charge in [-0.15, -0.1) is 0 Å². The highest BCUT2D eigenvalue weighted by Gasteiger charge is 2.38. The van der Waals surface area contributed by atoms with Gasteiger partial charge in [0.2, 0.25) is 0 Å². The topological polar surface area (TPSA) is 23.5 Å². The van der Waals surface area contributed by atoms with Crippen molar-refractivity contribution in [2.45, 2.75) is 38.3 Å². The molecule has 1 aliphatic carbocycles. The number of hydrogen-bond donors (Lipinski definition) is 1. The van der Waals surface area contributed by atoms with Gasteiger partial charge in [0.15, 0.2) is 0 Å². The summed E-state index contributed by atoms with van der Waals surface area (Å²) in [4.78, 5) is 2.20. The fourth-order valence-corrected chi connectivity index (χ4v) is 3.24. The number of aliphatic hydroxyl groups is 1. The van der Waals surface area contributed by atoms with E-state index in [1.165, 1.54) is 25.3 Å². The minimum Gasteiger partial charge on any atom is -0.389 e. The molecule has 3 rings (SSSR count). The molecule has 1 aliphatic heterocycles. The molecule has 1 N–H and O–H groups in total. The van der Waals surface area contributed by atoms with Crippen LogP contribution < -0.4 is 4.90 Å². The smallest absolute Gasteiger partial charge is 0.146 e. The molecule has 2 fully saturated rings. The van der Waals surface area contributed by atoms with Gasteiger partial charge in [0.1, 0.15) is 5.82 Å². The van der Waals surface area contributed by atoms with E-state index in [-0.39, 0.29) is 5.82 Å². The average molecular weight is 235 g/mol. The Balaban J connectivity index is 1.89. The summed E-state index contributed by atoms with van der Waals surface area (Å²) in [6.07, 6.45) is 3.11. The molecule has 0 amide bonds. The van der Waals surface area contributed by atoms with Crippen LogP contribution in [0.1, 0.15) is 37.9 Å². The maximum absolute atomic E-state index is 14.0. The Morgan fingerprint density at radius 2 is 2.24 bits per heavy atom. The molecule has 1 heterocycles. The van der Waals surface area contributed by atoms with Crippen molar-refractivity contribution in [2.24, 2.45) is 5.92 Å². The van der Waals surface area contributed by atoms with Crippen LogP contribution in [0.3, 0.4) is 0 Å². The lowest BCUT2D eigenvalue weighted by Crippen LogP contribution is -2.32. The highest BCUT2D eigenvalue weighted by molar-refractivity contribution is 5.52. The zero-order chi connectivity index (χ0) is 12.0. The Hall–Kier alpha value is -1.09. The number of rotatable bonds is 2. The Morgan fingerprint density at radius 3 is 2.76 bits per heavy atom. The van der Waals surface area contributed by atoms with Crippen LogP contribution in [0.15, 0.2) is 18.2 Å². The zero-order valence-electron chi connectivity index (χ0n) is 10.1. The van der Waals surface area contributed by atoms with E-state index in [9.17, 15) is 9.50 Å². The van der Waals surface area contributed by atoms with E-state index in [2.05, 4.69) is 4.90 Å². The van der Waals surface area contributed by atoms with Crippen LogP contribution >= 0.6 is 0 Å². The summed E-state index contributed by atoms with van der Waals surface area (Å²) >= 11 is 0. The fourth-order valence-electron chi connectivity index (χ4n) is 3.24. The maximum atomic E-state index is 14.0. The molecule has 3 unspecified atom stereocenters. The van der Waals surface area contributed by atoms with Crippen molar-refractivity contribution in [3.8, 4) is 0 Å². The first kappa shape index (κ1) is 11.0. The first-order chi connectivity index (χ1) is 8.15. The molecule has 0 spiro atoms. The molecule has 1 aromatic rings. The molecule has 1 aromatic carbocycles. The van der Waals surface area contributed by atoms with Crippen LogP contribution in [0.25, 0.3) is 0 Å². The number of halogens is 1. The van der Waals surface area contributed by atoms with Crippen LogP contribution in [0.5, 0.6) is 0 Å². The largest absolute Gasteiger partial charge is 0.389 e. The van der Waals surface area contributed by atoms with Crippen molar-refractivity contribution in [1.29, 1.82) is 0 Å². The van der Waals surface area contributed by atoms with Gasteiger partial charge in [-0.05, 0) is 49.8 Å². The fraction of sp³-hybridized carbons (Fsp3) is 0.571. The molecule has 17 heavy (non-hydrogen) atoms. The second kappa shape index (κ2) is 3.98. The summed E-state index contributed by atoms with van der Waals surface area (Å²) < 4.78 is 14.0. The number of hydrogen-bond acceptors (Lipinski definition) is 2. The van der Waals surface area contributed by atoms with Gasteiger partial charge in [0, 0.05) is 12.6 Å². The summed E-state index contributed by atoms with van der Waals surface area (Å²) in [6.45, 7) is 2.65. The monoisotopic (exact) mass is 235 g/mol. The molecule has 0 radical (unpaired) electrons. The Bertz CT molecular complexity index is 432. The van der Waals surface area contributed by atoms with Gasteiger partial charge in [-0.25, -0.2) is 4.39 Å². The van der Waals surface area contributed by atoms with Gasteiger partial charge in [-0.3, -0.25) is 0 Å². The van der Waals surface area contributed by atoms with Gasteiger partial charge in [0.05, 0.1) is 11.8 Å². The molecule has 1 saturated heterocycles. The molecule has 2 nitrogen and oxygen atoms in total. The SMILES string of the molecule is CC(O)c1ccc(N2CC3CCC2C3)c(F)c1. The lowest BCUT2D eigenvalue weighted by molar-refractivity contribution is 0.199. The molecule has 3 atom stereocenters. The quantitative estimate of drug-likeness (QED) is 0.852. The number of anilines is 1. The van der Waals surface area contributed by atoms with E-state index in [0.717, 1.165) is 12.5 Å². The highest BCUT2D eigenvalue weighted by atomic mass is 19.1. The lowest BCUT2D eigenvalue weighted by atomic mass is 10.1. The zero-order valence-corrected chi connectivity index (χ0v) is 10.1. The molecular formula is C14H18FNO. The van der Waals surface area contributed by atoms with Gasteiger partial charge in [0.25, 0.3) is 0 Å². The van der Waals surface area contributed by atoms with Crippen LogP contribution in [0, 0.1) is 11.7 Å². The number of benzene rings is 1. The van der Waals surface area contributed by atoms with Crippen molar-refractivity contribution in [3.63, 3.8) is 0 Å². The van der Waals surface area contributed by atoms with Gasteiger partial charge >= 0.3 is 0 Å². The molecule has 3 heteroatoms. The van der Waals surface area contributed by atoms with E-state index >= 15 is 0 Å². The van der Waals surface area contributed by atoms with Crippen molar-refractivity contribution in [3.05, 3.63) is 29.6 Å². The van der Waals surface area contributed by atoms with Crippen molar-refractivity contribution in [2.75, 3.05) is 11.4 Å². The first-order valence-corrected chi connectivity index (χ1v) is 6.39. The molecule has 2 aliphatic rings. The third-order valence-corrected chi connectivity index (χ3v) is 4.17. The van der Waals surface area contributed by atoms with E-state index < -0.39 is 6.10 Å². The maximum Gasteiger partial charge on any atom is 0.146 e. The van der Waals surface area contributed by atoms with Gasteiger partial charge < -0.3 is 10.0 Å². The second-order valence-corrected chi connectivity index (χ2v) is 5.37. The van der Waals surface area contributed by atoms with E-state index in [0.29, 0.717) is 17.3 Å². The van der Waals surface area contributed by atoms with Crippen molar-refractivity contribution >= 4 is 5.69 Å². The van der Waals surface area contributed by atoms with Crippen LogP contribution in [-0.2, 0) is 0 Å². The lowest BCUT2D eigenvalue weighted by Gasteiger charge is -2.29. The van der Waals surface area contributed by atoms with Crippen LogP contribution in [0.2, 0.25) is 0 Å². The third-order valence-electron chi connectivity index (χ3n) is 4.17. The summed E-state index contributed by atoms with van der Waals surface area (Å²) in [5, 5.41) is 9.43. The Labute approximate surface area is 101 Å². The minimum atomic E-state index is -0.603. The predicted molar refractivity (Wildman–Crippen MR) is 65.5 cm³/mol. The van der Waals surface area contributed by atoms with Crippen molar-refractivity contribution in [1.82, 2.24) is 0 Å². The molecule has 1 saturated carbocycles. The summed E-state index contributed by atoms with van der Waals surface area (Å²) in [5.41, 5.74) is 1.36. The number of piperidine rings is 1. The molecular weight excluding hydrogens is 217 g/mol. The van der Waals surface area contributed by atoms with E-state index in [1.54, 1.807) is 6.92 Å². The van der Waals surface area contributed by atoms with E-state index in [4.69, 9.17) is 0 Å².